The fraction of sp³-hybridized carbons (Fsp3) is 0.611. The summed E-state index contributed by atoms with van der Waals surface area (Å²) in [5.74, 6) is 1.30. The van der Waals surface area contributed by atoms with Crippen molar-refractivity contribution >= 4 is 5.91 Å². The summed E-state index contributed by atoms with van der Waals surface area (Å²) in [6.07, 6.45) is 3.26. The summed E-state index contributed by atoms with van der Waals surface area (Å²) < 4.78 is 10.7. The van der Waals surface area contributed by atoms with Crippen LogP contribution in [-0.4, -0.2) is 50.8 Å². The molecule has 1 amide bonds. The summed E-state index contributed by atoms with van der Waals surface area (Å²) in [5.41, 5.74) is 1.21. The van der Waals surface area contributed by atoms with Gasteiger partial charge in [-0.1, -0.05) is 18.6 Å². The fourth-order valence-corrected chi connectivity index (χ4v) is 3.19. The zero-order chi connectivity index (χ0) is 16.1. The lowest BCUT2D eigenvalue weighted by atomic mass is 9.85. The van der Waals surface area contributed by atoms with Gasteiger partial charge in [0.15, 0.2) is 0 Å². The third-order valence-corrected chi connectivity index (χ3v) is 4.93. The molecular weight excluding hydrogens is 292 g/mol. The molecule has 1 saturated heterocycles. The van der Waals surface area contributed by atoms with Gasteiger partial charge in [0.2, 0.25) is 5.91 Å². The van der Waals surface area contributed by atoms with E-state index in [0.717, 1.165) is 44.9 Å². The monoisotopic (exact) mass is 318 g/mol. The van der Waals surface area contributed by atoms with Gasteiger partial charge in [-0.05, 0) is 30.5 Å². The lowest BCUT2D eigenvalue weighted by molar-refractivity contribution is -0.127. The van der Waals surface area contributed by atoms with Crippen molar-refractivity contribution in [2.75, 3.05) is 40.0 Å². The van der Waals surface area contributed by atoms with Crippen molar-refractivity contribution in [1.29, 1.82) is 0 Å². The molecule has 5 nitrogen and oxygen atoms in total. The summed E-state index contributed by atoms with van der Waals surface area (Å²) in [5, 5.41) is 3.16. The molecule has 1 aromatic rings. The summed E-state index contributed by atoms with van der Waals surface area (Å²) in [4.78, 5) is 14.6. The number of hydrogen-bond donors (Lipinski definition) is 1. The van der Waals surface area contributed by atoms with Crippen LogP contribution in [0.5, 0.6) is 5.75 Å². The minimum Gasteiger partial charge on any atom is -0.497 e. The Morgan fingerprint density at radius 1 is 1.30 bits per heavy atom. The van der Waals surface area contributed by atoms with Crippen molar-refractivity contribution in [2.24, 2.45) is 5.92 Å². The highest BCUT2D eigenvalue weighted by Gasteiger charge is 2.27. The van der Waals surface area contributed by atoms with Crippen LogP contribution >= 0.6 is 0 Å². The minimum absolute atomic E-state index is 0.189. The number of hydrogen-bond acceptors (Lipinski definition) is 4. The third-order valence-electron chi connectivity index (χ3n) is 4.93. The first-order valence-corrected chi connectivity index (χ1v) is 8.51. The normalized spacial score (nSPS) is 20.6. The number of carbonyl (C=O) groups excluding carboxylic acids is 1. The molecule has 1 saturated carbocycles. The van der Waals surface area contributed by atoms with Crippen LogP contribution in [-0.2, 0) is 9.53 Å². The zero-order valence-corrected chi connectivity index (χ0v) is 13.8. The number of nitrogens with zero attached hydrogens (tertiary/aromatic N) is 1. The Morgan fingerprint density at radius 2 is 2.00 bits per heavy atom. The summed E-state index contributed by atoms with van der Waals surface area (Å²) >= 11 is 0. The van der Waals surface area contributed by atoms with Gasteiger partial charge in [0.25, 0.3) is 0 Å². The maximum Gasteiger partial charge on any atom is 0.223 e. The molecule has 126 valence electrons. The van der Waals surface area contributed by atoms with E-state index in [0.29, 0.717) is 6.54 Å². The number of benzene rings is 1. The van der Waals surface area contributed by atoms with E-state index in [1.54, 1.807) is 7.11 Å². The van der Waals surface area contributed by atoms with E-state index in [1.165, 1.54) is 12.0 Å². The van der Waals surface area contributed by atoms with Crippen LogP contribution < -0.4 is 10.1 Å². The molecular formula is C18H26N2O3. The van der Waals surface area contributed by atoms with Crippen LogP contribution in [0.15, 0.2) is 24.3 Å². The second-order valence-corrected chi connectivity index (χ2v) is 6.31. The van der Waals surface area contributed by atoms with Gasteiger partial charge in [0.05, 0.1) is 26.4 Å². The van der Waals surface area contributed by atoms with Crippen molar-refractivity contribution in [3.63, 3.8) is 0 Å². The number of rotatable bonds is 6. The molecule has 1 heterocycles. The molecule has 0 bridgehead atoms. The molecule has 1 aliphatic heterocycles. The molecule has 0 radical (unpaired) electrons. The molecule has 23 heavy (non-hydrogen) atoms. The van der Waals surface area contributed by atoms with Crippen LogP contribution in [0.3, 0.4) is 0 Å². The SMILES string of the molecule is COc1ccc([C@H](CNC(=O)C2CCC2)N2CCOCC2)cc1. The van der Waals surface area contributed by atoms with Crippen molar-refractivity contribution in [3.8, 4) is 5.75 Å². The average molecular weight is 318 g/mol. The molecule has 2 fully saturated rings. The van der Waals surface area contributed by atoms with Gasteiger partial charge in [0.1, 0.15) is 5.75 Å². The predicted molar refractivity (Wildman–Crippen MR) is 88.5 cm³/mol. The van der Waals surface area contributed by atoms with Gasteiger partial charge >= 0.3 is 0 Å². The van der Waals surface area contributed by atoms with Gasteiger partial charge in [-0.25, -0.2) is 0 Å². The van der Waals surface area contributed by atoms with Crippen LogP contribution in [0.25, 0.3) is 0 Å². The number of methoxy groups -OCH3 is 1. The van der Waals surface area contributed by atoms with Crippen LogP contribution in [0.4, 0.5) is 0 Å². The summed E-state index contributed by atoms with van der Waals surface area (Å²) in [6.45, 7) is 3.96. The number of ether oxygens (including phenoxy) is 2. The highest BCUT2D eigenvalue weighted by atomic mass is 16.5. The Bertz CT molecular complexity index is 508. The average Bonchev–Trinajstić information content (AvgIpc) is 2.55. The Labute approximate surface area is 137 Å². The second-order valence-electron chi connectivity index (χ2n) is 6.31. The van der Waals surface area contributed by atoms with E-state index in [4.69, 9.17) is 9.47 Å². The molecule has 1 aromatic carbocycles. The van der Waals surface area contributed by atoms with E-state index in [2.05, 4.69) is 22.3 Å². The fourth-order valence-electron chi connectivity index (χ4n) is 3.19. The van der Waals surface area contributed by atoms with Gasteiger partial charge < -0.3 is 14.8 Å². The zero-order valence-electron chi connectivity index (χ0n) is 13.8. The van der Waals surface area contributed by atoms with E-state index >= 15 is 0 Å². The molecule has 5 heteroatoms. The molecule has 0 unspecified atom stereocenters. The Hall–Kier alpha value is -1.59. The number of morpholine rings is 1. The summed E-state index contributed by atoms with van der Waals surface area (Å²) in [6, 6.07) is 8.34. The quantitative estimate of drug-likeness (QED) is 0.871. The topological polar surface area (TPSA) is 50.8 Å². The van der Waals surface area contributed by atoms with E-state index in [9.17, 15) is 4.79 Å². The van der Waals surface area contributed by atoms with Gasteiger partial charge in [0, 0.05) is 25.6 Å². The third kappa shape index (κ3) is 4.03. The number of nitrogens with one attached hydrogen (secondary N) is 1. The second kappa shape index (κ2) is 7.79. The van der Waals surface area contributed by atoms with Crippen LogP contribution in [0, 0.1) is 5.92 Å². The first kappa shape index (κ1) is 16.3. The Balaban J connectivity index is 1.67. The Morgan fingerprint density at radius 3 is 2.57 bits per heavy atom. The molecule has 1 N–H and O–H groups in total. The standard InChI is InChI=1S/C18H26N2O3/c1-22-16-7-5-14(6-8-16)17(20-9-11-23-12-10-20)13-19-18(21)15-3-2-4-15/h5-8,15,17H,2-4,9-13H2,1H3,(H,19,21)/t17-/m0/s1. The lowest BCUT2D eigenvalue weighted by Gasteiger charge is -2.35. The number of amides is 1. The van der Waals surface area contributed by atoms with Gasteiger partial charge in [-0.15, -0.1) is 0 Å². The smallest absolute Gasteiger partial charge is 0.223 e. The Kier molecular flexibility index (Phi) is 5.51. The van der Waals surface area contributed by atoms with Crippen molar-refractivity contribution in [2.45, 2.75) is 25.3 Å². The van der Waals surface area contributed by atoms with Crippen LogP contribution in [0.1, 0.15) is 30.9 Å². The van der Waals surface area contributed by atoms with Crippen molar-refractivity contribution < 1.29 is 14.3 Å². The summed E-state index contributed by atoms with van der Waals surface area (Å²) in [7, 11) is 1.67. The van der Waals surface area contributed by atoms with Crippen molar-refractivity contribution in [3.05, 3.63) is 29.8 Å². The molecule has 2 aliphatic rings. The predicted octanol–water partition coefficient (Wildman–Crippen LogP) is 1.98. The highest BCUT2D eigenvalue weighted by Crippen LogP contribution is 2.27. The minimum atomic E-state index is 0.189. The van der Waals surface area contributed by atoms with E-state index in [1.807, 2.05) is 12.1 Å². The van der Waals surface area contributed by atoms with Gasteiger partial charge in [-0.3, -0.25) is 9.69 Å². The molecule has 3 rings (SSSR count). The maximum atomic E-state index is 12.2. The van der Waals surface area contributed by atoms with E-state index in [-0.39, 0.29) is 17.9 Å². The largest absolute Gasteiger partial charge is 0.497 e. The number of carbonyl (C=O) groups is 1. The molecule has 0 spiro atoms. The lowest BCUT2D eigenvalue weighted by Crippen LogP contribution is -2.45. The van der Waals surface area contributed by atoms with E-state index < -0.39 is 0 Å². The van der Waals surface area contributed by atoms with Crippen LogP contribution in [0.2, 0.25) is 0 Å². The maximum absolute atomic E-state index is 12.2. The molecule has 1 atom stereocenters. The molecule has 0 aromatic heterocycles. The van der Waals surface area contributed by atoms with Crippen molar-refractivity contribution in [1.82, 2.24) is 10.2 Å². The first-order valence-electron chi connectivity index (χ1n) is 8.51. The highest BCUT2D eigenvalue weighted by molar-refractivity contribution is 5.79. The molecule has 1 aliphatic carbocycles. The van der Waals surface area contributed by atoms with Gasteiger partial charge in [-0.2, -0.15) is 0 Å². The first-order chi connectivity index (χ1) is 11.3.